The summed E-state index contributed by atoms with van der Waals surface area (Å²) in [5.74, 6) is -0.803. The van der Waals surface area contributed by atoms with Crippen molar-refractivity contribution in [1.82, 2.24) is 4.90 Å². The molecule has 5 heteroatoms. The number of carbonyl (C=O) groups is 1. The lowest BCUT2D eigenvalue weighted by atomic mass is 10.1. The van der Waals surface area contributed by atoms with Gasteiger partial charge in [-0.15, -0.1) is 11.3 Å². The Labute approximate surface area is 98.4 Å². The second-order valence-corrected chi connectivity index (χ2v) is 4.84. The molecule has 1 aromatic heterocycles. The second kappa shape index (κ2) is 4.95. The van der Waals surface area contributed by atoms with Crippen LogP contribution >= 0.6 is 11.3 Å². The molecule has 2 atom stereocenters. The molecule has 1 aliphatic heterocycles. The third kappa shape index (κ3) is 2.26. The smallest absolute Gasteiger partial charge is 0.323 e. The highest BCUT2D eigenvalue weighted by atomic mass is 32.1. The van der Waals surface area contributed by atoms with Crippen LogP contribution in [0.3, 0.4) is 0 Å². The van der Waals surface area contributed by atoms with E-state index in [1.807, 2.05) is 29.3 Å². The summed E-state index contributed by atoms with van der Waals surface area (Å²) in [6.45, 7) is 3.62. The van der Waals surface area contributed by atoms with Crippen LogP contribution in [0.4, 0.5) is 0 Å². The zero-order chi connectivity index (χ0) is 11.5. The molecule has 1 N–H and O–H groups in total. The fourth-order valence-electron chi connectivity index (χ4n) is 1.99. The topological polar surface area (TPSA) is 49.8 Å². The van der Waals surface area contributed by atoms with Crippen molar-refractivity contribution in [2.75, 3.05) is 19.8 Å². The highest BCUT2D eigenvalue weighted by Crippen LogP contribution is 2.27. The number of hydrogen-bond donors (Lipinski definition) is 1. The summed E-state index contributed by atoms with van der Waals surface area (Å²) in [6, 6.07) is 3.66. The van der Waals surface area contributed by atoms with Gasteiger partial charge in [-0.1, -0.05) is 6.07 Å². The molecule has 1 saturated heterocycles. The quantitative estimate of drug-likeness (QED) is 0.873. The Morgan fingerprint density at radius 1 is 1.75 bits per heavy atom. The first kappa shape index (κ1) is 11.6. The molecule has 4 nitrogen and oxygen atoms in total. The molecule has 2 rings (SSSR count). The largest absolute Gasteiger partial charge is 0.480 e. The zero-order valence-corrected chi connectivity index (χ0v) is 9.94. The lowest BCUT2D eigenvalue weighted by molar-refractivity contribution is -0.151. The van der Waals surface area contributed by atoms with Crippen LogP contribution in [0.5, 0.6) is 0 Å². The number of hydrogen-bond acceptors (Lipinski definition) is 4. The average Bonchev–Trinajstić information content (AvgIpc) is 2.81. The van der Waals surface area contributed by atoms with Gasteiger partial charge in [-0.3, -0.25) is 9.69 Å². The van der Waals surface area contributed by atoms with Gasteiger partial charge in [0.05, 0.1) is 13.2 Å². The molecule has 0 radical (unpaired) electrons. The van der Waals surface area contributed by atoms with Gasteiger partial charge in [0.1, 0.15) is 6.04 Å². The van der Waals surface area contributed by atoms with E-state index >= 15 is 0 Å². The van der Waals surface area contributed by atoms with Gasteiger partial charge in [-0.05, 0) is 18.4 Å². The van der Waals surface area contributed by atoms with Crippen LogP contribution < -0.4 is 0 Å². The minimum Gasteiger partial charge on any atom is -0.480 e. The third-order valence-electron chi connectivity index (χ3n) is 2.91. The van der Waals surface area contributed by atoms with Crippen molar-refractivity contribution in [2.45, 2.75) is 19.0 Å². The van der Waals surface area contributed by atoms with Crippen molar-refractivity contribution < 1.29 is 14.6 Å². The fourth-order valence-corrected chi connectivity index (χ4v) is 2.79. The number of thiophene rings is 1. The SMILES string of the molecule is CC(c1cccs1)N1CCOCC1C(=O)O. The first-order chi connectivity index (χ1) is 7.70. The highest BCUT2D eigenvalue weighted by molar-refractivity contribution is 7.10. The molecular formula is C11H15NO3S. The van der Waals surface area contributed by atoms with E-state index in [0.29, 0.717) is 13.2 Å². The van der Waals surface area contributed by atoms with Crippen molar-refractivity contribution in [3.05, 3.63) is 22.4 Å². The van der Waals surface area contributed by atoms with Crippen LogP contribution in [0, 0.1) is 0 Å². The number of nitrogens with zero attached hydrogens (tertiary/aromatic N) is 1. The van der Waals surface area contributed by atoms with Gasteiger partial charge in [0.2, 0.25) is 0 Å². The Balaban J connectivity index is 2.14. The minimum atomic E-state index is -0.803. The van der Waals surface area contributed by atoms with E-state index in [9.17, 15) is 4.79 Å². The number of carboxylic acid groups (broad SMARTS) is 1. The Morgan fingerprint density at radius 2 is 2.56 bits per heavy atom. The van der Waals surface area contributed by atoms with E-state index in [4.69, 9.17) is 9.84 Å². The Hall–Kier alpha value is -0.910. The molecule has 88 valence electrons. The van der Waals surface area contributed by atoms with Crippen molar-refractivity contribution in [3.8, 4) is 0 Å². The maximum atomic E-state index is 11.1. The normalized spacial score (nSPS) is 24.2. The number of morpholine rings is 1. The monoisotopic (exact) mass is 241 g/mol. The third-order valence-corrected chi connectivity index (χ3v) is 3.95. The van der Waals surface area contributed by atoms with Gasteiger partial charge in [0, 0.05) is 17.5 Å². The van der Waals surface area contributed by atoms with Crippen molar-refractivity contribution in [2.24, 2.45) is 0 Å². The van der Waals surface area contributed by atoms with Crippen LogP contribution in [0.15, 0.2) is 17.5 Å². The maximum absolute atomic E-state index is 11.1. The molecule has 0 saturated carbocycles. The predicted octanol–water partition coefficient (Wildman–Crippen LogP) is 1.59. The summed E-state index contributed by atoms with van der Waals surface area (Å²) in [4.78, 5) is 14.3. The summed E-state index contributed by atoms with van der Waals surface area (Å²) in [6.07, 6.45) is 0. The molecule has 1 aliphatic rings. The molecule has 1 fully saturated rings. The van der Waals surface area contributed by atoms with Gasteiger partial charge in [0.25, 0.3) is 0 Å². The lowest BCUT2D eigenvalue weighted by Crippen LogP contribution is -2.50. The fraction of sp³-hybridized carbons (Fsp3) is 0.545. The molecule has 1 aromatic rings. The molecule has 0 bridgehead atoms. The Bertz CT molecular complexity index is 352. The standard InChI is InChI=1S/C11H15NO3S/c1-8(10-3-2-6-16-10)12-4-5-15-7-9(12)11(13)14/h2-3,6,8-9H,4-5,7H2,1H3,(H,13,14). The minimum absolute atomic E-state index is 0.144. The average molecular weight is 241 g/mol. The van der Waals surface area contributed by atoms with Gasteiger partial charge in [-0.2, -0.15) is 0 Å². The van der Waals surface area contributed by atoms with Crippen LogP contribution in [-0.4, -0.2) is 41.8 Å². The lowest BCUT2D eigenvalue weighted by Gasteiger charge is -2.36. The number of rotatable bonds is 3. The molecular weight excluding hydrogens is 226 g/mol. The summed E-state index contributed by atoms with van der Waals surface area (Å²) in [5, 5.41) is 11.2. The van der Waals surface area contributed by atoms with Crippen molar-refractivity contribution in [3.63, 3.8) is 0 Å². The van der Waals surface area contributed by atoms with Crippen LogP contribution in [0.25, 0.3) is 0 Å². The van der Waals surface area contributed by atoms with Gasteiger partial charge >= 0.3 is 5.97 Å². The van der Waals surface area contributed by atoms with E-state index in [-0.39, 0.29) is 12.6 Å². The molecule has 0 amide bonds. The Kier molecular flexibility index (Phi) is 3.58. The van der Waals surface area contributed by atoms with Crippen molar-refractivity contribution >= 4 is 17.3 Å². The van der Waals surface area contributed by atoms with Gasteiger partial charge < -0.3 is 9.84 Å². The Morgan fingerprint density at radius 3 is 3.19 bits per heavy atom. The summed E-state index contributed by atoms with van der Waals surface area (Å²) < 4.78 is 5.22. The zero-order valence-electron chi connectivity index (χ0n) is 9.13. The summed E-state index contributed by atoms with van der Waals surface area (Å²) >= 11 is 1.66. The van der Waals surface area contributed by atoms with Gasteiger partial charge in [0.15, 0.2) is 0 Å². The number of ether oxygens (including phenoxy) is 1. The van der Waals surface area contributed by atoms with E-state index in [1.54, 1.807) is 11.3 Å². The van der Waals surface area contributed by atoms with Crippen LogP contribution in [-0.2, 0) is 9.53 Å². The molecule has 2 heterocycles. The molecule has 0 aliphatic carbocycles. The van der Waals surface area contributed by atoms with E-state index in [2.05, 4.69) is 0 Å². The number of aliphatic carboxylic acids is 1. The summed E-state index contributed by atoms with van der Waals surface area (Å²) in [7, 11) is 0. The van der Waals surface area contributed by atoms with E-state index in [0.717, 1.165) is 0 Å². The maximum Gasteiger partial charge on any atom is 0.323 e. The van der Waals surface area contributed by atoms with Crippen LogP contribution in [0.1, 0.15) is 17.8 Å². The van der Waals surface area contributed by atoms with Crippen molar-refractivity contribution in [1.29, 1.82) is 0 Å². The van der Waals surface area contributed by atoms with E-state index < -0.39 is 12.0 Å². The van der Waals surface area contributed by atoms with E-state index in [1.165, 1.54) is 4.88 Å². The molecule has 16 heavy (non-hydrogen) atoms. The van der Waals surface area contributed by atoms with Gasteiger partial charge in [-0.25, -0.2) is 0 Å². The molecule has 0 aromatic carbocycles. The number of carboxylic acids is 1. The van der Waals surface area contributed by atoms with Crippen LogP contribution in [0.2, 0.25) is 0 Å². The molecule has 0 spiro atoms. The predicted molar refractivity (Wildman–Crippen MR) is 61.7 cm³/mol. The summed E-state index contributed by atoms with van der Waals surface area (Å²) in [5.41, 5.74) is 0. The second-order valence-electron chi connectivity index (χ2n) is 3.86. The molecule has 2 unspecified atom stereocenters. The highest BCUT2D eigenvalue weighted by Gasteiger charge is 2.33. The first-order valence-electron chi connectivity index (χ1n) is 5.30. The first-order valence-corrected chi connectivity index (χ1v) is 6.18.